The van der Waals surface area contributed by atoms with Gasteiger partial charge in [-0.25, -0.2) is 14.2 Å². The predicted octanol–water partition coefficient (Wildman–Crippen LogP) is 2.66. The first-order valence-corrected chi connectivity index (χ1v) is 10.8. The minimum absolute atomic E-state index is 0.190. The number of imide groups is 1. The van der Waals surface area contributed by atoms with Crippen LogP contribution in [0.25, 0.3) is 10.8 Å². The number of carbonyl (C=O) groups excluding carboxylic acids is 3. The highest BCUT2D eigenvalue weighted by Crippen LogP contribution is 2.44. The Labute approximate surface area is 189 Å². The zero-order valence-electron chi connectivity index (χ0n) is 17.6. The van der Waals surface area contributed by atoms with Crippen molar-refractivity contribution in [3.63, 3.8) is 0 Å². The molecule has 0 radical (unpaired) electrons. The number of hydrogen-bond acceptors (Lipinski definition) is 5. The molecule has 0 aliphatic carbocycles. The molecule has 3 heterocycles. The molecule has 1 spiro atoms. The largest absolute Gasteiger partial charge is 0.433 e. The Morgan fingerprint density at radius 1 is 1.00 bits per heavy atom. The molecule has 33 heavy (non-hydrogen) atoms. The van der Waals surface area contributed by atoms with Gasteiger partial charge in [0.05, 0.1) is 30.4 Å². The average molecular weight is 438 g/mol. The third kappa shape index (κ3) is 2.67. The van der Waals surface area contributed by atoms with Crippen LogP contribution in [0, 0.1) is 11.3 Å². The summed E-state index contributed by atoms with van der Waals surface area (Å²) in [5.74, 6) is -0.553. The van der Waals surface area contributed by atoms with E-state index < -0.39 is 12.1 Å². The fourth-order valence-electron chi connectivity index (χ4n) is 5.52. The first kappa shape index (κ1) is 19.6. The van der Waals surface area contributed by atoms with Crippen LogP contribution in [0.4, 0.5) is 16.2 Å². The standard InChI is InChI=1S/C25H19N5O3/c26-12-16-8-10-18(11-9-16)27-23(31)21-13-28-14-22-24(32)29(25(33)30(21,22)15-28)20-7-3-5-17-4-1-2-6-19(17)20/h1-11,21-22H,13-15H2/p+1. The van der Waals surface area contributed by atoms with Crippen molar-refractivity contribution in [1.29, 1.82) is 5.26 Å². The van der Waals surface area contributed by atoms with Gasteiger partial charge in [-0.3, -0.25) is 9.59 Å². The lowest BCUT2D eigenvalue weighted by molar-refractivity contribution is -0.852. The van der Waals surface area contributed by atoms with Gasteiger partial charge in [0, 0.05) is 11.1 Å². The summed E-state index contributed by atoms with van der Waals surface area (Å²) in [5, 5.41) is 13.6. The first-order chi connectivity index (χ1) is 16.0. The number of rotatable bonds is 3. The van der Waals surface area contributed by atoms with E-state index in [1.54, 1.807) is 30.3 Å². The third-order valence-corrected chi connectivity index (χ3v) is 7.05. The SMILES string of the molecule is N#Cc1ccc(NC(=O)C2CN3CC4C(=O)N(c5cccc6ccccc56)C(=O)[N+]24C3)cc1. The summed E-state index contributed by atoms with van der Waals surface area (Å²) >= 11 is 0. The maximum absolute atomic E-state index is 13.9. The average Bonchev–Trinajstić information content (AvgIpc) is 3.48. The van der Waals surface area contributed by atoms with E-state index in [0.29, 0.717) is 36.7 Å². The molecule has 3 aromatic carbocycles. The van der Waals surface area contributed by atoms with Gasteiger partial charge < -0.3 is 5.32 Å². The van der Waals surface area contributed by atoms with Crippen LogP contribution >= 0.6 is 0 Å². The molecule has 6 rings (SSSR count). The molecule has 0 aromatic heterocycles. The zero-order valence-corrected chi connectivity index (χ0v) is 17.6. The maximum atomic E-state index is 13.9. The number of nitrogens with one attached hydrogen (secondary N) is 1. The van der Waals surface area contributed by atoms with Crippen molar-refractivity contribution in [2.24, 2.45) is 0 Å². The summed E-state index contributed by atoms with van der Waals surface area (Å²) < 4.78 is -0.190. The lowest BCUT2D eigenvalue weighted by Crippen LogP contribution is -2.63. The summed E-state index contributed by atoms with van der Waals surface area (Å²) in [6.45, 7) is 1.23. The maximum Gasteiger partial charge on any atom is 0.433 e. The van der Waals surface area contributed by atoms with E-state index in [4.69, 9.17) is 5.26 Å². The minimum Gasteiger partial charge on any atom is -0.321 e. The molecular formula is C25H20N5O3+. The van der Waals surface area contributed by atoms with Gasteiger partial charge in [-0.05, 0) is 35.7 Å². The van der Waals surface area contributed by atoms with Crippen molar-refractivity contribution in [2.45, 2.75) is 12.1 Å². The minimum atomic E-state index is -0.684. The van der Waals surface area contributed by atoms with E-state index in [9.17, 15) is 14.4 Å². The zero-order chi connectivity index (χ0) is 22.7. The number of amides is 4. The van der Waals surface area contributed by atoms with E-state index in [2.05, 4.69) is 5.32 Å². The summed E-state index contributed by atoms with van der Waals surface area (Å²) in [5.41, 5.74) is 1.61. The van der Waals surface area contributed by atoms with Crippen molar-refractivity contribution in [1.82, 2.24) is 4.90 Å². The molecule has 2 bridgehead atoms. The molecule has 4 amide bonds. The van der Waals surface area contributed by atoms with E-state index in [0.717, 1.165) is 10.8 Å². The second kappa shape index (κ2) is 6.97. The number of hydrogen-bond donors (Lipinski definition) is 1. The van der Waals surface area contributed by atoms with Crippen LogP contribution < -0.4 is 10.2 Å². The van der Waals surface area contributed by atoms with Gasteiger partial charge in [-0.1, -0.05) is 36.4 Å². The Kier molecular flexibility index (Phi) is 4.14. The van der Waals surface area contributed by atoms with Gasteiger partial charge in [0.25, 0.3) is 11.8 Å². The molecule has 8 heteroatoms. The molecule has 1 N–H and O–H groups in total. The van der Waals surface area contributed by atoms with Gasteiger partial charge in [-0.15, -0.1) is 0 Å². The van der Waals surface area contributed by atoms with Gasteiger partial charge in [-0.2, -0.15) is 10.2 Å². The Morgan fingerprint density at radius 2 is 1.76 bits per heavy atom. The smallest absolute Gasteiger partial charge is 0.321 e. The lowest BCUT2D eigenvalue weighted by atomic mass is 10.1. The first-order valence-electron chi connectivity index (χ1n) is 10.8. The molecule has 162 valence electrons. The second-order valence-electron chi connectivity index (χ2n) is 8.77. The number of carbonyl (C=O) groups is 3. The molecule has 3 aliphatic rings. The van der Waals surface area contributed by atoms with E-state index in [1.807, 2.05) is 47.4 Å². The molecular weight excluding hydrogens is 418 g/mol. The van der Waals surface area contributed by atoms with Crippen LogP contribution in [0.3, 0.4) is 0 Å². The summed E-state index contributed by atoms with van der Waals surface area (Å²) in [4.78, 5) is 44.0. The molecule has 3 saturated heterocycles. The Morgan fingerprint density at radius 3 is 2.55 bits per heavy atom. The van der Waals surface area contributed by atoms with Gasteiger partial charge >= 0.3 is 6.03 Å². The number of anilines is 2. The molecule has 8 nitrogen and oxygen atoms in total. The second-order valence-corrected chi connectivity index (χ2v) is 8.77. The highest BCUT2D eigenvalue weighted by Gasteiger charge is 2.73. The number of nitrogens with zero attached hydrogens (tertiary/aromatic N) is 4. The van der Waals surface area contributed by atoms with Gasteiger partial charge in [0.15, 0.2) is 12.1 Å². The third-order valence-electron chi connectivity index (χ3n) is 7.05. The van der Waals surface area contributed by atoms with Crippen molar-refractivity contribution in [2.75, 3.05) is 30.0 Å². The Hall–Kier alpha value is -4.06. The fraction of sp³-hybridized carbons (Fsp3) is 0.200. The summed E-state index contributed by atoms with van der Waals surface area (Å²) in [7, 11) is 0. The molecule has 3 fully saturated rings. The predicted molar refractivity (Wildman–Crippen MR) is 121 cm³/mol. The van der Waals surface area contributed by atoms with Crippen LogP contribution in [0.5, 0.6) is 0 Å². The number of urea groups is 1. The molecule has 4 atom stereocenters. The highest BCUT2D eigenvalue weighted by atomic mass is 16.2. The van der Waals surface area contributed by atoms with Crippen LogP contribution in [0.15, 0.2) is 66.7 Å². The number of benzene rings is 3. The summed E-state index contributed by atoms with van der Waals surface area (Å²) in [6, 6.07) is 20.2. The lowest BCUT2D eigenvalue weighted by Gasteiger charge is -2.32. The van der Waals surface area contributed by atoms with Crippen molar-refractivity contribution in [3.8, 4) is 6.07 Å². The number of piperazine rings is 1. The fourth-order valence-corrected chi connectivity index (χ4v) is 5.52. The van der Waals surface area contributed by atoms with Crippen LogP contribution in [-0.2, 0) is 9.59 Å². The van der Waals surface area contributed by atoms with Crippen molar-refractivity contribution >= 4 is 40.0 Å². The molecule has 3 aromatic rings. The Balaban J connectivity index is 1.36. The quantitative estimate of drug-likeness (QED) is 0.501. The number of nitriles is 1. The normalized spacial score (nSPS) is 27.6. The molecule has 4 unspecified atom stereocenters. The van der Waals surface area contributed by atoms with Gasteiger partial charge in [0.2, 0.25) is 0 Å². The molecule has 3 aliphatic heterocycles. The number of quaternary nitrogens is 1. The topological polar surface area (TPSA) is 93.5 Å². The van der Waals surface area contributed by atoms with Crippen molar-refractivity contribution < 1.29 is 18.9 Å². The molecule has 0 saturated carbocycles. The Bertz CT molecular complexity index is 1370. The van der Waals surface area contributed by atoms with Crippen LogP contribution in [-0.4, -0.2) is 59.1 Å². The van der Waals surface area contributed by atoms with Crippen LogP contribution in [0.1, 0.15) is 5.56 Å². The number of fused-ring (bicyclic) bond motifs is 2. The monoisotopic (exact) mass is 438 g/mol. The van der Waals surface area contributed by atoms with E-state index >= 15 is 0 Å². The van der Waals surface area contributed by atoms with E-state index in [1.165, 1.54) is 4.90 Å². The van der Waals surface area contributed by atoms with Gasteiger partial charge in [0.1, 0.15) is 6.67 Å². The van der Waals surface area contributed by atoms with Crippen LogP contribution in [0.2, 0.25) is 0 Å². The van der Waals surface area contributed by atoms with Crippen molar-refractivity contribution in [3.05, 3.63) is 72.3 Å². The van der Waals surface area contributed by atoms with E-state index in [-0.39, 0.29) is 22.3 Å². The summed E-state index contributed by atoms with van der Waals surface area (Å²) in [6.07, 6.45) is 0. The highest BCUT2D eigenvalue weighted by molar-refractivity contribution is 6.22.